The van der Waals surface area contributed by atoms with Crippen LogP contribution < -0.4 is 15.4 Å². The van der Waals surface area contributed by atoms with Gasteiger partial charge in [-0.1, -0.05) is 37.3 Å². The van der Waals surface area contributed by atoms with Crippen molar-refractivity contribution >= 4 is 51.6 Å². The van der Waals surface area contributed by atoms with Crippen LogP contribution in [0.15, 0.2) is 66.7 Å². The predicted octanol–water partition coefficient (Wildman–Crippen LogP) is 4.15. The highest BCUT2D eigenvalue weighted by atomic mass is 32.2. The van der Waals surface area contributed by atoms with Gasteiger partial charge in [0, 0.05) is 23.2 Å². The normalized spacial score (nSPS) is 28.5. The van der Waals surface area contributed by atoms with Crippen molar-refractivity contribution in [1.29, 1.82) is 0 Å². The number of nitrogens with zero attached hydrogens (tertiary/aromatic N) is 1. The maximum Gasteiger partial charge on any atom is 0.248 e. The molecule has 3 aliphatic rings. The first-order chi connectivity index (χ1) is 19.4. The molecule has 3 unspecified atom stereocenters. The molecule has 3 N–H and O–H groups in total. The van der Waals surface area contributed by atoms with E-state index in [2.05, 4.69) is 17.6 Å². The summed E-state index contributed by atoms with van der Waals surface area (Å²) in [5.74, 6) is -1.19. The molecular formula is C31H33N3O5S. The molecule has 9 heteroatoms. The molecule has 6 atom stereocenters. The number of ether oxygens (including phenoxy) is 1. The van der Waals surface area contributed by atoms with Crippen molar-refractivity contribution in [3.63, 3.8) is 0 Å². The average Bonchev–Trinajstić information content (AvgIpc) is 3.54. The van der Waals surface area contributed by atoms with Crippen molar-refractivity contribution in [3.8, 4) is 5.75 Å². The molecule has 0 aromatic heterocycles. The van der Waals surface area contributed by atoms with Crippen molar-refractivity contribution in [1.82, 2.24) is 4.90 Å². The fourth-order valence-corrected chi connectivity index (χ4v) is 9.39. The van der Waals surface area contributed by atoms with Crippen LogP contribution >= 0.6 is 11.8 Å². The van der Waals surface area contributed by atoms with Gasteiger partial charge in [-0.3, -0.25) is 14.4 Å². The summed E-state index contributed by atoms with van der Waals surface area (Å²) in [6.45, 7) is 4.31. The van der Waals surface area contributed by atoms with E-state index in [9.17, 15) is 19.5 Å². The fourth-order valence-electron chi connectivity index (χ4n) is 6.97. The van der Waals surface area contributed by atoms with Gasteiger partial charge in [0.15, 0.2) is 0 Å². The maximum atomic E-state index is 14.0. The van der Waals surface area contributed by atoms with Gasteiger partial charge in [-0.15, -0.1) is 11.8 Å². The van der Waals surface area contributed by atoms with Crippen molar-refractivity contribution < 1.29 is 24.2 Å². The summed E-state index contributed by atoms with van der Waals surface area (Å²) in [6, 6.07) is 20.0. The van der Waals surface area contributed by atoms with Gasteiger partial charge in [0.25, 0.3) is 0 Å². The third-order valence-corrected chi connectivity index (χ3v) is 10.7. The Hall–Kier alpha value is -3.56. The van der Waals surface area contributed by atoms with Crippen molar-refractivity contribution in [2.75, 3.05) is 30.4 Å². The van der Waals surface area contributed by atoms with Crippen molar-refractivity contribution in [3.05, 3.63) is 66.7 Å². The SMILES string of the molecule is CCOc1ccc(NC(=O)[C@@H]2[C@H]3C(=O)N(CCO)C(C(=O)Nc4ccc5ccccc5c4)C34S[C@@H]2CC4C)cc1. The summed E-state index contributed by atoms with van der Waals surface area (Å²) in [5.41, 5.74) is 1.28. The lowest BCUT2D eigenvalue weighted by atomic mass is 9.66. The van der Waals surface area contributed by atoms with E-state index in [1.54, 1.807) is 36.0 Å². The number of anilines is 2. The Balaban J connectivity index is 1.29. The number of carbonyl (C=O) groups excluding carboxylic acids is 3. The minimum atomic E-state index is -0.795. The van der Waals surface area contributed by atoms with Gasteiger partial charge >= 0.3 is 0 Å². The standard InChI is InChI=1S/C31H33N3O5S/c1-3-39-23-12-10-21(11-13-23)32-28(36)25-24-16-18(2)31(40-24)26(25)30(38)34(14-15-35)27(31)29(37)33-22-9-8-19-6-4-5-7-20(19)17-22/h4-13,17-18,24-27,35H,3,14-16H2,1-2H3,(H,32,36)(H,33,37)/t18?,24-,25+,26+,27?,31?/m1/s1. The van der Waals surface area contributed by atoms with Crippen molar-refractivity contribution in [2.45, 2.75) is 36.3 Å². The van der Waals surface area contributed by atoms with Crippen LogP contribution in [0.25, 0.3) is 10.8 Å². The first-order valence-electron chi connectivity index (χ1n) is 13.8. The van der Waals surface area contributed by atoms with E-state index in [4.69, 9.17) is 4.74 Å². The number of thioether (sulfide) groups is 1. The molecule has 3 heterocycles. The fraction of sp³-hybridized carbons (Fsp3) is 0.387. The first kappa shape index (κ1) is 26.7. The predicted molar refractivity (Wildman–Crippen MR) is 156 cm³/mol. The van der Waals surface area contributed by atoms with Crippen LogP contribution in [0.3, 0.4) is 0 Å². The van der Waals surface area contributed by atoms with Gasteiger partial charge in [-0.05, 0) is 66.4 Å². The highest BCUT2D eigenvalue weighted by Crippen LogP contribution is 2.68. The van der Waals surface area contributed by atoms with Gasteiger partial charge in [0.05, 0.1) is 29.8 Å². The number of β-amino-alcohol motifs (C(OH)–C–C–N with tert-alkyl or cyclic N) is 1. The third-order valence-electron chi connectivity index (χ3n) is 8.59. The lowest BCUT2D eigenvalue weighted by Crippen LogP contribution is -2.55. The number of likely N-dealkylation sites (tertiary alicyclic amines) is 1. The highest BCUT2D eigenvalue weighted by Gasteiger charge is 2.75. The Labute approximate surface area is 237 Å². The van der Waals surface area contributed by atoms with Crippen LogP contribution in [0.2, 0.25) is 0 Å². The monoisotopic (exact) mass is 559 g/mol. The third kappa shape index (κ3) is 4.23. The van der Waals surface area contributed by atoms with Gasteiger partial charge in [-0.25, -0.2) is 0 Å². The van der Waals surface area contributed by atoms with Gasteiger partial charge in [0.2, 0.25) is 17.7 Å². The summed E-state index contributed by atoms with van der Waals surface area (Å²) >= 11 is 1.61. The number of fused-ring (bicyclic) bond motifs is 2. The molecule has 0 radical (unpaired) electrons. The van der Waals surface area contributed by atoms with E-state index in [0.29, 0.717) is 18.0 Å². The zero-order valence-electron chi connectivity index (χ0n) is 22.5. The average molecular weight is 560 g/mol. The quantitative estimate of drug-likeness (QED) is 0.383. The molecule has 3 saturated heterocycles. The van der Waals surface area contributed by atoms with Crippen LogP contribution in [-0.2, 0) is 14.4 Å². The zero-order chi connectivity index (χ0) is 28.0. The second kappa shape index (κ2) is 10.4. The summed E-state index contributed by atoms with van der Waals surface area (Å²) in [4.78, 5) is 43.1. The van der Waals surface area contributed by atoms with Crippen LogP contribution in [-0.4, -0.2) is 63.5 Å². The zero-order valence-corrected chi connectivity index (χ0v) is 23.3. The molecule has 1 spiro atoms. The Morgan fingerprint density at radius 1 is 1.02 bits per heavy atom. The Bertz CT molecular complexity index is 1460. The highest BCUT2D eigenvalue weighted by molar-refractivity contribution is 8.02. The molecule has 3 amide bonds. The molecule has 0 saturated carbocycles. The maximum absolute atomic E-state index is 14.0. The Morgan fingerprint density at radius 2 is 1.73 bits per heavy atom. The van der Waals surface area contributed by atoms with Crippen LogP contribution in [0.5, 0.6) is 5.75 Å². The van der Waals surface area contributed by atoms with Crippen LogP contribution in [0.4, 0.5) is 11.4 Å². The van der Waals surface area contributed by atoms with Crippen LogP contribution in [0.1, 0.15) is 20.3 Å². The minimum Gasteiger partial charge on any atom is -0.494 e. The lowest BCUT2D eigenvalue weighted by molar-refractivity contribution is -0.138. The smallest absolute Gasteiger partial charge is 0.248 e. The second-order valence-corrected chi connectivity index (χ2v) is 12.4. The summed E-state index contributed by atoms with van der Waals surface area (Å²) in [5, 5.41) is 17.9. The van der Waals surface area contributed by atoms with Gasteiger partial charge < -0.3 is 25.4 Å². The summed E-state index contributed by atoms with van der Waals surface area (Å²) in [7, 11) is 0. The van der Waals surface area contributed by atoms with E-state index in [1.165, 1.54) is 4.90 Å². The molecular weight excluding hydrogens is 526 g/mol. The number of nitrogens with one attached hydrogen (secondary N) is 2. The molecule has 40 heavy (non-hydrogen) atoms. The summed E-state index contributed by atoms with van der Waals surface area (Å²) < 4.78 is 4.74. The number of hydrogen-bond acceptors (Lipinski definition) is 6. The largest absolute Gasteiger partial charge is 0.494 e. The number of aliphatic hydroxyl groups excluding tert-OH is 1. The lowest BCUT2D eigenvalue weighted by Gasteiger charge is -2.38. The van der Waals surface area contributed by atoms with Gasteiger partial charge in [0.1, 0.15) is 11.8 Å². The van der Waals surface area contributed by atoms with E-state index in [-0.39, 0.29) is 42.0 Å². The first-order valence-corrected chi connectivity index (χ1v) is 14.7. The number of benzene rings is 3. The topological polar surface area (TPSA) is 108 Å². The van der Waals surface area contributed by atoms with Gasteiger partial charge in [-0.2, -0.15) is 0 Å². The molecule has 0 aliphatic carbocycles. The summed E-state index contributed by atoms with van der Waals surface area (Å²) in [6.07, 6.45) is 0.739. The Morgan fingerprint density at radius 3 is 2.45 bits per heavy atom. The molecule has 8 nitrogen and oxygen atoms in total. The van der Waals surface area contributed by atoms with Crippen LogP contribution in [0, 0.1) is 17.8 Å². The number of aliphatic hydroxyl groups is 1. The molecule has 208 valence electrons. The number of amides is 3. The number of carbonyl (C=O) groups is 3. The minimum absolute atomic E-state index is 0.0397. The molecule has 2 bridgehead atoms. The second-order valence-electron chi connectivity index (χ2n) is 10.8. The number of hydrogen-bond donors (Lipinski definition) is 3. The van der Waals surface area contributed by atoms with E-state index in [0.717, 1.165) is 22.9 Å². The Kier molecular flexibility index (Phi) is 6.96. The molecule has 3 fully saturated rings. The van der Waals surface area contributed by atoms with E-state index in [1.807, 2.05) is 49.4 Å². The number of rotatable bonds is 8. The van der Waals surface area contributed by atoms with E-state index >= 15 is 0 Å². The molecule has 3 aromatic rings. The van der Waals surface area contributed by atoms with Crippen molar-refractivity contribution in [2.24, 2.45) is 17.8 Å². The molecule has 6 rings (SSSR count). The van der Waals surface area contributed by atoms with E-state index < -0.39 is 22.6 Å². The molecule has 3 aliphatic heterocycles. The molecule has 3 aromatic carbocycles.